The smallest absolute Gasteiger partial charge is 0.144 e. The van der Waals surface area contributed by atoms with Crippen molar-refractivity contribution in [3.63, 3.8) is 0 Å². The summed E-state index contributed by atoms with van der Waals surface area (Å²) in [6.07, 6.45) is 0.0956. The number of benzene rings is 2. The van der Waals surface area contributed by atoms with E-state index in [4.69, 9.17) is 22.6 Å². The van der Waals surface area contributed by atoms with E-state index in [0.29, 0.717) is 17.2 Å². The van der Waals surface area contributed by atoms with Crippen LogP contribution in [0.15, 0.2) is 36.4 Å². The molecule has 0 radical (unpaired) electrons. The summed E-state index contributed by atoms with van der Waals surface area (Å²) in [7, 11) is 0. The molecule has 3 rings (SSSR count). The molecule has 0 fully saturated rings. The molecule has 0 aliphatic rings. The maximum absolute atomic E-state index is 13.8. The van der Waals surface area contributed by atoms with Crippen LogP contribution < -0.4 is 5.73 Å². The third-order valence-corrected chi connectivity index (χ3v) is 3.47. The zero-order valence-electron chi connectivity index (χ0n) is 10.8. The lowest BCUT2D eigenvalue weighted by Gasteiger charge is -2.11. The van der Waals surface area contributed by atoms with E-state index < -0.39 is 5.82 Å². The van der Waals surface area contributed by atoms with Crippen LogP contribution in [0.2, 0.25) is 5.02 Å². The number of halogens is 2. The number of fused-ring (bicyclic) bond motifs is 1. The van der Waals surface area contributed by atoms with Crippen LogP contribution in [0.1, 0.15) is 5.82 Å². The SMILES string of the molecule is N#CCc1nc2ccccc2n1-c1cc(F)c(Cl)cc1N. The normalized spacial score (nSPS) is 10.7. The van der Waals surface area contributed by atoms with Gasteiger partial charge in [0.05, 0.1) is 39.9 Å². The van der Waals surface area contributed by atoms with E-state index in [2.05, 4.69) is 11.1 Å². The van der Waals surface area contributed by atoms with Gasteiger partial charge in [-0.1, -0.05) is 23.7 Å². The predicted molar refractivity (Wildman–Crippen MR) is 79.8 cm³/mol. The van der Waals surface area contributed by atoms with Gasteiger partial charge in [0.25, 0.3) is 0 Å². The van der Waals surface area contributed by atoms with Crippen LogP contribution in [-0.4, -0.2) is 9.55 Å². The first-order valence-electron chi connectivity index (χ1n) is 6.20. The Balaban J connectivity index is 2.36. The molecule has 4 nitrogen and oxygen atoms in total. The molecule has 0 saturated heterocycles. The maximum Gasteiger partial charge on any atom is 0.144 e. The molecule has 104 valence electrons. The molecule has 0 aliphatic carbocycles. The van der Waals surface area contributed by atoms with Crippen molar-refractivity contribution in [2.45, 2.75) is 6.42 Å². The minimum absolute atomic E-state index is 0.0393. The number of hydrogen-bond acceptors (Lipinski definition) is 3. The molecule has 0 bridgehead atoms. The van der Waals surface area contributed by atoms with Gasteiger partial charge in [0.15, 0.2) is 0 Å². The lowest BCUT2D eigenvalue weighted by atomic mass is 10.2. The Kier molecular flexibility index (Phi) is 3.24. The number of nitrogens with two attached hydrogens (primary N) is 1. The molecule has 3 aromatic rings. The van der Waals surface area contributed by atoms with Crippen molar-refractivity contribution in [3.8, 4) is 11.8 Å². The van der Waals surface area contributed by atoms with Crippen molar-refractivity contribution in [2.75, 3.05) is 5.73 Å². The van der Waals surface area contributed by atoms with Crippen LogP contribution in [0.25, 0.3) is 16.7 Å². The Bertz CT molecular complexity index is 879. The number of nitrogens with zero attached hydrogens (tertiary/aromatic N) is 3. The topological polar surface area (TPSA) is 67.6 Å². The quantitative estimate of drug-likeness (QED) is 0.737. The molecular weight excluding hydrogens is 291 g/mol. The Morgan fingerprint density at radius 3 is 2.86 bits per heavy atom. The summed E-state index contributed by atoms with van der Waals surface area (Å²) in [4.78, 5) is 4.40. The highest BCUT2D eigenvalue weighted by atomic mass is 35.5. The summed E-state index contributed by atoms with van der Waals surface area (Å²) in [6.45, 7) is 0. The van der Waals surface area contributed by atoms with Gasteiger partial charge in [-0.05, 0) is 18.2 Å². The first kappa shape index (κ1) is 13.4. The van der Waals surface area contributed by atoms with E-state index in [1.807, 2.05) is 24.3 Å². The molecule has 0 spiro atoms. The first-order valence-corrected chi connectivity index (χ1v) is 6.58. The maximum atomic E-state index is 13.8. The van der Waals surface area contributed by atoms with Gasteiger partial charge >= 0.3 is 0 Å². The minimum atomic E-state index is -0.568. The highest BCUT2D eigenvalue weighted by Crippen LogP contribution is 2.29. The largest absolute Gasteiger partial charge is 0.397 e. The molecule has 0 aliphatic heterocycles. The summed E-state index contributed by atoms with van der Waals surface area (Å²) in [6, 6.07) is 12.0. The lowest BCUT2D eigenvalue weighted by molar-refractivity contribution is 0.627. The van der Waals surface area contributed by atoms with Crippen molar-refractivity contribution < 1.29 is 4.39 Å². The van der Waals surface area contributed by atoms with Gasteiger partial charge in [-0.3, -0.25) is 4.57 Å². The van der Waals surface area contributed by atoms with E-state index in [1.54, 1.807) is 4.57 Å². The molecule has 2 N–H and O–H groups in total. The van der Waals surface area contributed by atoms with Crippen LogP contribution in [-0.2, 0) is 6.42 Å². The van der Waals surface area contributed by atoms with Gasteiger partial charge in [0.2, 0.25) is 0 Å². The predicted octanol–water partition coefficient (Wildman–Crippen LogP) is 3.47. The molecule has 2 aromatic carbocycles. The summed E-state index contributed by atoms with van der Waals surface area (Å²) < 4.78 is 15.5. The fraction of sp³-hybridized carbons (Fsp3) is 0.0667. The van der Waals surface area contributed by atoms with E-state index >= 15 is 0 Å². The molecule has 6 heteroatoms. The van der Waals surface area contributed by atoms with E-state index in [-0.39, 0.29) is 11.4 Å². The van der Waals surface area contributed by atoms with Gasteiger partial charge in [-0.15, -0.1) is 0 Å². The van der Waals surface area contributed by atoms with Gasteiger partial charge in [-0.2, -0.15) is 5.26 Å². The van der Waals surface area contributed by atoms with Crippen molar-refractivity contribution in [3.05, 3.63) is 53.1 Å². The monoisotopic (exact) mass is 300 g/mol. The second-order valence-electron chi connectivity index (χ2n) is 4.51. The highest BCUT2D eigenvalue weighted by Gasteiger charge is 2.16. The molecule has 1 aromatic heterocycles. The van der Waals surface area contributed by atoms with Crippen LogP contribution >= 0.6 is 11.6 Å². The van der Waals surface area contributed by atoms with E-state index in [0.717, 1.165) is 11.0 Å². The van der Waals surface area contributed by atoms with E-state index in [9.17, 15) is 4.39 Å². The standard InChI is InChI=1S/C15H10ClFN4/c16-9-7-11(19)14(8-10(9)17)21-13-4-2-1-3-12(13)20-15(21)5-6-18/h1-4,7-8H,5,19H2. The number of nitrogen functional groups attached to an aromatic ring is 1. The summed E-state index contributed by atoms with van der Waals surface area (Å²) in [5.41, 5.74) is 8.18. The summed E-state index contributed by atoms with van der Waals surface area (Å²) in [5.74, 6) is -0.0614. The molecule has 0 atom stereocenters. The van der Waals surface area contributed by atoms with Crippen molar-refractivity contribution >= 4 is 28.3 Å². The van der Waals surface area contributed by atoms with Crippen molar-refractivity contribution in [2.24, 2.45) is 0 Å². The van der Waals surface area contributed by atoms with Crippen molar-refractivity contribution in [1.29, 1.82) is 5.26 Å². The second-order valence-corrected chi connectivity index (χ2v) is 4.92. The highest BCUT2D eigenvalue weighted by molar-refractivity contribution is 6.31. The summed E-state index contributed by atoms with van der Waals surface area (Å²) >= 11 is 5.73. The number of rotatable bonds is 2. The zero-order valence-corrected chi connectivity index (χ0v) is 11.6. The number of imidazole rings is 1. The number of nitriles is 1. The average molecular weight is 301 g/mol. The van der Waals surface area contributed by atoms with Gasteiger partial charge in [0.1, 0.15) is 11.6 Å². The van der Waals surface area contributed by atoms with E-state index in [1.165, 1.54) is 12.1 Å². The molecule has 1 heterocycles. The molecule has 0 amide bonds. The Morgan fingerprint density at radius 2 is 2.10 bits per heavy atom. The number of para-hydroxylation sites is 2. The Morgan fingerprint density at radius 1 is 1.33 bits per heavy atom. The fourth-order valence-electron chi connectivity index (χ4n) is 2.28. The fourth-order valence-corrected chi connectivity index (χ4v) is 2.45. The molecule has 21 heavy (non-hydrogen) atoms. The van der Waals surface area contributed by atoms with Gasteiger partial charge in [-0.25, -0.2) is 9.37 Å². The van der Waals surface area contributed by atoms with Crippen LogP contribution in [0.4, 0.5) is 10.1 Å². The summed E-state index contributed by atoms with van der Waals surface area (Å²) in [5, 5.41) is 8.92. The lowest BCUT2D eigenvalue weighted by Crippen LogP contribution is -2.05. The Labute approximate surface area is 125 Å². The zero-order chi connectivity index (χ0) is 15.0. The third kappa shape index (κ3) is 2.20. The first-order chi connectivity index (χ1) is 10.1. The van der Waals surface area contributed by atoms with Gasteiger partial charge in [0, 0.05) is 6.07 Å². The average Bonchev–Trinajstić information content (AvgIpc) is 2.81. The van der Waals surface area contributed by atoms with Crippen molar-refractivity contribution in [1.82, 2.24) is 9.55 Å². The minimum Gasteiger partial charge on any atom is -0.397 e. The second kappa shape index (κ2) is 5.08. The molecular formula is C15H10ClFN4. The molecule has 0 saturated carbocycles. The number of aromatic nitrogens is 2. The third-order valence-electron chi connectivity index (χ3n) is 3.18. The van der Waals surface area contributed by atoms with Gasteiger partial charge < -0.3 is 5.73 Å². The van der Waals surface area contributed by atoms with Crippen LogP contribution in [0.5, 0.6) is 0 Å². The number of hydrogen-bond donors (Lipinski definition) is 1. The van der Waals surface area contributed by atoms with Crippen LogP contribution in [0, 0.1) is 17.1 Å². The van der Waals surface area contributed by atoms with Crippen LogP contribution in [0.3, 0.4) is 0 Å². The number of anilines is 1. The molecule has 0 unspecified atom stereocenters. The Hall–Kier alpha value is -2.58.